The molecule has 0 aliphatic heterocycles. The first-order valence-corrected chi connectivity index (χ1v) is 4.84. The second kappa shape index (κ2) is 3.59. The zero-order chi connectivity index (χ0) is 9.97. The molecule has 0 unspecified atom stereocenters. The maximum atomic E-state index is 5.53. The van der Waals surface area contributed by atoms with Crippen LogP contribution < -0.4 is 11.1 Å². The Kier molecular flexibility index (Phi) is 2.28. The van der Waals surface area contributed by atoms with Crippen molar-refractivity contribution in [3.05, 3.63) is 18.3 Å². The molecule has 0 radical (unpaired) electrons. The van der Waals surface area contributed by atoms with Crippen LogP contribution in [0.2, 0.25) is 0 Å². The van der Waals surface area contributed by atoms with E-state index in [1.807, 2.05) is 6.07 Å². The molecule has 2 aromatic rings. The van der Waals surface area contributed by atoms with Gasteiger partial charge in [-0.05, 0) is 12.1 Å². The summed E-state index contributed by atoms with van der Waals surface area (Å²) in [6.07, 6.45) is 1.61. The van der Waals surface area contributed by atoms with Gasteiger partial charge in [0.2, 0.25) is 5.13 Å². The molecular formula is C8H9N5S. The Balaban J connectivity index is 2.34. The van der Waals surface area contributed by atoms with Crippen molar-refractivity contribution < 1.29 is 0 Å². The van der Waals surface area contributed by atoms with E-state index < -0.39 is 0 Å². The van der Waals surface area contributed by atoms with Crippen molar-refractivity contribution in [1.82, 2.24) is 15.2 Å². The number of anilines is 2. The molecule has 0 fully saturated rings. The molecule has 14 heavy (non-hydrogen) atoms. The van der Waals surface area contributed by atoms with Gasteiger partial charge in [-0.1, -0.05) is 11.3 Å². The molecule has 0 saturated heterocycles. The van der Waals surface area contributed by atoms with Crippen LogP contribution in [0.5, 0.6) is 0 Å². The van der Waals surface area contributed by atoms with Gasteiger partial charge in [0.15, 0.2) is 5.01 Å². The first-order chi connectivity index (χ1) is 6.79. The Bertz CT molecular complexity index is 422. The molecule has 0 aromatic carbocycles. The molecule has 2 heterocycles. The van der Waals surface area contributed by atoms with Crippen molar-refractivity contribution in [2.75, 3.05) is 18.1 Å². The Hall–Kier alpha value is -1.69. The van der Waals surface area contributed by atoms with Gasteiger partial charge >= 0.3 is 0 Å². The zero-order valence-electron chi connectivity index (χ0n) is 7.56. The molecule has 0 amide bonds. The Labute approximate surface area is 85.0 Å². The van der Waals surface area contributed by atoms with Crippen LogP contribution in [-0.4, -0.2) is 22.2 Å². The second-order valence-electron chi connectivity index (χ2n) is 2.64. The minimum atomic E-state index is 0.645. The molecule has 3 N–H and O–H groups in total. The van der Waals surface area contributed by atoms with Gasteiger partial charge in [-0.2, -0.15) is 0 Å². The highest BCUT2D eigenvalue weighted by Crippen LogP contribution is 2.24. The summed E-state index contributed by atoms with van der Waals surface area (Å²) in [6.45, 7) is 0. The van der Waals surface area contributed by atoms with Crippen LogP contribution in [-0.2, 0) is 0 Å². The van der Waals surface area contributed by atoms with Crippen LogP contribution in [0.25, 0.3) is 10.7 Å². The maximum absolute atomic E-state index is 5.53. The van der Waals surface area contributed by atoms with Gasteiger partial charge < -0.3 is 11.1 Å². The predicted octanol–water partition coefficient (Wildman–Crippen LogP) is 1.22. The fourth-order valence-corrected chi connectivity index (χ4v) is 1.63. The van der Waals surface area contributed by atoms with Gasteiger partial charge in [0.05, 0.1) is 11.9 Å². The molecule has 5 nitrogen and oxygen atoms in total. The number of hydrogen-bond donors (Lipinski definition) is 2. The first-order valence-electron chi connectivity index (χ1n) is 4.03. The molecule has 2 aromatic heterocycles. The summed E-state index contributed by atoms with van der Waals surface area (Å²) in [6, 6.07) is 3.62. The Morgan fingerprint density at radius 3 is 2.79 bits per heavy atom. The molecule has 72 valence electrons. The monoisotopic (exact) mass is 207 g/mol. The summed E-state index contributed by atoms with van der Waals surface area (Å²) in [7, 11) is 1.81. The molecule has 0 aliphatic carbocycles. The number of rotatable bonds is 2. The Morgan fingerprint density at radius 1 is 1.36 bits per heavy atom. The van der Waals surface area contributed by atoms with Crippen molar-refractivity contribution >= 4 is 22.2 Å². The minimum absolute atomic E-state index is 0.645. The van der Waals surface area contributed by atoms with Gasteiger partial charge in [-0.15, -0.1) is 10.2 Å². The van der Waals surface area contributed by atoms with E-state index >= 15 is 0 Å². The van der Waals surface area contributed by atoms with E-state index in [1.165, 1.54) is 11.3 Å². The number of aromatic nitrogens is 3. The Morgan fingerprint density at radius 2 is 2.21 bits per heavy atom. The fourth-order valence-electron chi connectivity index (χ4n) is 0.960. The molecule has 0 bridgehead atoms. The summed E-state index contributed by atoms with van der Waals surface area (Å²) in [5.74, 6) is 0. The number of nitrogen functional groups attached to an aromatic ring is 1. The van der Waals surface area contributed by atoms with E-state index in [2.05, 4.69) is 20.5 Å². The fraction of sp³-hybridized carbons (Fsp3) is 0.125. The van der Waals surface area contributed by atoms with E-state index in [9.17, 15) is 0 Å². The average molecular weight is 207 g/mol. The molecule has 0 aliphatic rings. The number of nitrogens with zero attached hydrogens (tertiary/aromatic N) is 3. The van der Waals surface area contributed by atoms with Crippen LogP contribution in [0, 0.1) is 0 Å². The lowest BCUT2D eigenvalue weighted by Crippen LogP contribution is -1.87. The molecule has 0 atom stereocenters. The lowest BCUT2D eigenvalue weighted by molar-refractivity contribution is 1.08. The van der Waals surface area contributed by atoms with Crippen molar-refractivity contribution in [3.63, 3.8) is 0 Å². The lowest BCUT2D eigenvalue weighted by Gasteiger charge is -1.94. The standard InChI is InChI=1S/C8H9N5S/c1-10-8-13-12-7(14-8)6-3-2-5(9)4-11-6/h2-4H,9H2,1H3,(H,10,13). The molecular weight excluding hydrogens is 198 g/mol. The van der Waals surface area contributed by atoms with E-state index in [1.54, 1.807) is 19.3 Å². The highest BCUT2D eigenvalue weighted by Gasteiger charge is 2.05. The largest absolute Gasteiger partial charge is 0.397 e. The molecule has 6 heteroatoms. The van der Waals surface area contributed by atoms with Crippen LogP contribution in [0.4, 0.5) is 10.8 Å². The summed E-state index contributed by atoms with van der Waals surface area (Å²) >= 11 is 1.46. The summed E-state index contributed by atoms with van der Waals surface area (Å²) in [4.78, 5) is 4.15. The van der Waals surface area contributed by atoms with E-state index in [4.69, 9.17) is 5.73 Å². The SMILES string of the molecule is CNc1nnc(-c2ccc(N)cn2)s1. The zero-order valence-corrected chi connectivity index (χ0v) is 8.38. The third-order valence-electron chi connectivity index (χ3n) is 1.64. The van der Waals surface area contributed by atoms with Crippen LogP contribution >= 0.6 is 11.3 Å². The lowest BCUT2D eigenvalue weighted by atomic mass is 10.3. The van der Waals surface area contributed by atoms with Crippen LogP contribution in [0.15, 0.2) is 18.3 Å². The summed E-state index contributed by atoms with van der Waals surface area (Å²) in [5, 5.41) is 12.4. The highest BCUT2D eigenvalue weighted by atomic mass is 32.1. The van der Waals surface area contributed by atoms with E-state index in [-0.39, 0.29) is 0 Å². The molecule has 0 saturated carbocycles. The quantitative estimate of drug-likeness (QED) is 0.774. The van der Waals surface area contributed by atoms with Crippen molar-refractivity contribution in [2.45, 2.75) is 0 Å². The minimum Gasteiger partial charge on any atom is -0.397 e. The molecule has 0 spiro atoms. The van der Waals surface area contributed by atoms with Crippen molar-refractivity contribution in [2.24, 2.45) is 0 Å². The third-order valence-corrected chi connectivity index (χ3v) is 2.61. The summed E-state index contributed by atoms with van der Waals surface area (Å²) in [5.41, 5.74) is 6.96. The summed E-state index contributed by atoms with van der Waals surface area (Å²) < 4.78 is 0. The van der Waals surface area contributed by atoms with Crippen LogP contribution in [0.3, 0.4) is 0 Å². The van der Waals surface area contributed by atoms with Crippen LogP contribution in [0.1, 0.15) is 0 Å². The number of pyridine rings is 1. The normalized spacial score (nSPS) is 10.1. The predicted molar refractivity (Wildman–Crippen MR) is 57.1 cm³/mol. The topological polar surface area (TPSA) is 76.7 Å². The van der Waals surface area contributed by atoms with Gasteiger partial charge in [-0.3, -0.25) is 4.98 Å². The van der Waals surface area contributed by atoms with Crippen molar-refractivity contribution in [1.29, 1.82) is 0 Å². The number of nitrogens with two attached hydrogens (primary N) is 1. The van der Waals surface area contributed by atoms with E-state index in [0.29, 0.717) is 5.69 Å². The van der Waals surface area contributed by atoms with E-state index in [0.717, 1.165) is 15.8 Å². The first kappa shape index (κ1) is 8.89. The maximum Gasteiger partial charge on any atom is 0.205 e. The molecule has 2 rings (SSSR count). The third kappa shape index (κ3) is 1.64. The number of hydrogen-bond acceptors (Lipinski definition) is 6. The number of nitrogens with one attached hydrogen (secondary N) is 1. The highest BCUT2D eigenvalue weighted by molar-refractivity contribution is 7.18. The average Bonchev–Trinajstić information content (AvgIpc) is 2.67. The van der Waals surface area contributed by atoms with Gasteiger partial charge in [-0.25, -0.2) is 0 Å². The smallest absolute Gasteiger partial charge is 0.205 e. The van der Waals surface area contributed by atoms with Crippen molar-refractivity contribution in [3.8, 4) is 10.7 Å². The van der Waals surface area contributed by atoms with Gasteiger partial charge in [0.1, 0.15) is 5.69 Å². The van der Waals surface area contributed by atoms with Gasteiger partial charge in [0.25, 0.3) is 0 Å². The van der Waals surface area contributed by atoms with Gasteiger partial charge in [0, 0.05) is 7.05 Å². The second-order valence-corrected chi connectivity index (χ2v) is 3.62.